The van der Waals surface area contributed by atoms with Crippen molar-refractivity contribution < 1.29 is 23.8 Å². The normalized spacial score (nSPS) is 16.2. The van der Waals surface area contributed by atoms with Gasteiger partial charge in [0.25, 0.3) is 5.91 Å². The molecule has 6 nitrogen and oxygen atoms in total. The number of Topliss-reactive ketones (excluding diaryl/α,β-unsaturated/α-hetero) is 1. The van der Waals surface area contributed by atoms with Gasteiger partial charge in [0.15, 0.2) is 17.3 Å². The van der Waals surface area contributed by atoms with E-state index in [1.54, 1.807) is 35.2 Å². The molecule has 0 aliphatic carbocycles. The number of aryl methyl sites for hydroxylation is 1. The summed E-state index contributed by atoms with van der Waals surface area (Å²) in [5.74, 6) is 0.903. The number of carbonyl (C=O) groups excluding carboxylic acids is 2. The van der Waals surface area contributed by atoms with E-state index < -0.39 is 0 Å². The molecule has 7 heteroatoms. The molecule has 3 rings (SSSR count). The molecule has 0 unspecified atom stereocenters. The second kappa shape index (κ2) is 9.39. The molecule has 0 N–H and O–H groups in total. The van der Waals surface area contributed by atoms with Gasteiger partial charge in [-0.3, -0.25) is 9.59 Å². The Morgan fingerprint density at radius 1 is 1.03 bits per heavy atom. The van der Waals surface area contributed by atoms with Crippen LogP contribution in [0.4, 0.5) is 0 Å². The van der Waals surface area contributed by atoms with E-state index in [0.29, 0.717) is 46.5 Å². The van der Waals surface area contributed by atoms with Crippen molar-refractivity contribution in [3.05, 3.63) is 52.0 Å². The topological polar surface area (TPSA) is 65.1 Å². The van der Waals surface area contributed by atoms with Crippen molar-refractivity contribution in [3.63, 3.8) is 0 Å². The zero-order chi connectivity index (χ0) is 21.8. The van der Waals surface area contributed by atoms with Crippen LogP contribution in [-0.2, 0) is 0 Å². The predicted molar refractivity (Wildman–Crippen MR) is 115 cm³/mol. The molecule has 1 heterocycles. The van der Waals surface area contributed by atoms with Crippen molar-refractivity contribution in [3.8, 4) is 17.2 Å². The number of rotatable bonds is 6. The van der Waals surface area contributed by atoms with E-state index in [1.165, 1.54) is 21.3 Å². The van der Waals surface area contributed by atoms with Gasteiger partial charge in [-0.2, -0.15) is 0 Å². The van der Waals surface area contributed by atoms with E-state index in [9.17, 15) is 9.59 Å². The Hall–Kier alpha value is -2.73. The molecule has 0 spiro atoms. The molecule has 2 aromatic rings. The third-order valence-corrected chi connectivity index (χ3v) is 5.68. The largest absolute Gasteiger partial charge is 0.493 e. The first kappa shape index (κ1) is 22.0. The summed E-state index contributed by atoms with van der Waals surface area (Å²) in [5.41, 5.74) is 1.94. The summed E-state index contributed by atoms with van der Waals surface area (Å²) < 4.78 is 16.0. The van der Waals surface area contributed by atoms with E-state index in [4.69, 9.17) is 25.8 Å². The first-order chi connectivity index (χ1) is 14.4. The lowest BCUT2D eigenvalue weighted by atomic mass is 9.88. The minimum Gasteiger partial charge on any atom is -0.493 e. The fourth-order valence-corrected chi connectivity index (χ4v) is 4.11. The highest BCUT2D eigenvalue weighted by Crippen LogP contribution is 2.38. The Morgan fingerprint density at radius 3 is 2.27 bits per heavy atom. The lowest BCUT2D eigenvalue weighted by molar-refractivity contribution is 0.0636. The number of carbonyl (C=O) groups is 2. The van der Waals surface area contributed by atoms with Crippen LogP contribution in [0.5, 0.6) is 17.2 Å². The molecular weight excluding hydrogens is 406 g/mol. The van der Waals surface area contributed by atoms with Crippen molar-refractivity contribution >= 4 is 23.3 Å². The number of methoxy groups -OCH3 is 3. The van der Waals surface area contributed by atoms with Gasteiger partial charge >= 0.3 is 0 Å². The first-order valence-electron chi connectivity index (χ1n) is 9.79. The van der Waals surface area contributed by atoms with Crippen LogP contribution in [0.1, 0.15) is 39.1 Å². The maximum atomic E-state index is 13.2. The molecule has 1 aliphatic rings. The smallest absolute Gasteiger partial charge is 0.254 e. The molecular formula is C23H26ClNO5. The molecule has 30 heavy (non-hydrogen) atoms. The SMILES string of the molecule is COc1cc(C(=O)N2CCC[C@@H](C(=O)c3ccc(Cl)cc3C)C2)cc(OC)c1OC. The third-order valence-electron chi connectivity index (χ3n) is 5.44. The van der Waals surface area contributed by atoms with Crippen molar-refractivity contribution in [2.75, 3.05) is 34.4 Å². The van der Waals surface area contributed by atoms with Crippen molar-refractivity contribution in [1.82, 2.24) is 4.90 Å². The Balaban J connectivity index is 1.83. The Kier molecular flexibility index (Phi) is 6.87. The average molecular weight is 432 g/mol. The monoisotopic (exact) mass is 431 g/mol. The number of hydrogen-bond donors (Lipinski definition) is 0. The summed E-state index contributed by atoms with van der Waals surface area (Å²) in [6.07, 6.45) is 1.51. The molecule has 1 saturated heterocycles. The molecule has 0 bridgehead atoms. The lowest BCUT2D eigenvalue weighted by Crippen LogP contribution is -2.42. The highest BCUT2D eigenvalue weighted by Gasteiger charge is 2.31. The molecule has 1 amide bonds. The highest BCUT2D eigenvalue weighted by molar-refractivity contribution is 6.30. The fourth-order valence-electron chi connectivity index (χ4n) is 3.89. The number of piperidine rings is 1. The number of nitrogens with zero attached hydrogens (tertiary/aromatic N) is 1. The summed E-state index contributed by atoms with van der Waals surface area (Å²) >= 11 is 6.02. The number of likely N-dealkylation sites (tertiary alicyclic amines) is 1. The molecule has 0 radical (unpaired) electrons. The van der Waals surface area contributed by atoms with Gasteiger partial charge in [-0.15, -0.1) is 0 Å². The van der Waals surface area contributed by atoms with Crippen LogP contribution in [0.3, 0.4) is 0 Å². The van der Waals surface area contributed by atoms with Crippen molar-refractivity contribution in [2.24, 2.45) is 5.92 Å². The number of ether oxygens (including phenoxy) is 3. The highest BCUT2D eigenvalue weighted by atomic mass is 35.5. The van der Waals surface area contributed by atoms with Gasteiger partial charge < -0.3 is 19.1 Å². The number of hydrogen-bond acceptors (Lipinski definition) is 5. The third kappa shape index (κ3) is 4.38. The summed E-state index contributed by atoms with van der Waals surface area (Å²) in [7, 11) is 4.53. The van der Waals surface area contributed by atoms with E-state index >= 15 is 0 Å². The van der Waals surface area contributed by atoms with E-state index in [-0.39, 0.29) is 17.6 Å². The number of ketones is 1. The first-order valence-corrected chi connectivity index (χ1v) is 10.2. The zero-order valence-corrected chi connectivity index (χ0v) is 18.4. The van der Waals surface area contributed by atoms with Crippen LogP contribution in [0.2, 0.25) is 5.02 Å². The van der Waals surface area contributed by atoms with Crippen LogP contribution >= 0.6 is 11.6 Å². The Bertz CT molecular complexity index is 934. The number of benzene rings is 2. The van der Waals surface area contributed by atoms with Crippen LogP contribution in [-0.4, -0.2) is 51.0 Å². The standard InChI is InChI=1S/C23H26ClNO5/c1-14-10-17(24)7-8-18(14)21(26)15-6-5-9-25(13-15)23(27)16-11-19(28-2)22(30-4)20(12-16)29-3/h7-8,10-12,15H,5-6,9,13H2,1-4H3/t15-/m1/s1. The summed E-state index contributed by atoms with van der Waals surface area (Å²) in [4.78, 5) is 28.0. The molecule has 160 valence electrons. The molecule has 0 aromatic heterocycles. The van der Waals surface area contributed by atoms with Gasteiger partial charge in [0.1, 0.15) is 0 Å². The summed E-state index contributed by atoms with van der Waals surface area (Å²) in [5, 5.41) is 0.604. The van der Waals surface area contributed by atoms with Gasteiger partial charge in [0.05, 0.1) is 21.3 Å². The molecule has 1 fully saturated rings. The zero-order valence-electron chi connectivity index (χ0n) is 17.7. The Morgan fingerprint density at radius 2 is 1.70 bits per heavy atom. The predicted octanol–water partition coefficient (Wildman–Crippen LogP) is 4.41. The second-order valence-corrected chi connectivity index (χ2v) is 7.76. The van der Waals surface area contributed by atoms with Crippen molar-refractivity contribution in [1.29, 1.82) is 0 Å². The van der Waals surface area contributed by atoms with E-state index in [1.807, 2.05) is 6.92 Å². The van der Waals surface area contributed by atoms with Gasteiger partial charge in [-0.1, -0.05) is 11.6 Å². The van der Waals surface area contributed by atoms with E-state index in [2.05, 4.69) is 0 Å². The molecule has 2 aromatic carbocycles. The van der Waals surface area contributed by atoms with Crippen LogP contribution in [0.25, 0.3) is 0 Å². The summed E-state index contributed by atoms with van der Waals surface area (Å²) in [6, 6.07) is 8.55. The van der Waals surface area contributed by atoms with Gasteiger partial charge in [-0.05, 0) is 55.7 Å². The van der Waals surface area contributed by atoms with Gasteiger partial charge in [0.2, 0.25) is 5.75 Å². The second-order valence-electron chi connectivity index (χ2n) is 7.33. The van der Waals surface area contributed by atoms with E-state index in [0.717, 1.165) is 18.4 Å². The lowest BCUT2D eigenvalue weighted by Gasteiger charge is -2.32. The van der Waals surface area contributed by atoms with Crippen LogP contribution < -0.4 is 14.2 Å². The van der Waals surface area contributed by atoms with Gasteiger partial charge in [0, 0.05) is 35.2 Å². The van der Waals surface area contributed by atoms with Crippen molar-refractivity contribution in [2.45, 2.75) is 19.8 Å². The fraction of sp³-hybridized carbons (Fsp3) is 0.391. The number of halogens is 1. The summed E-state index contributed by atoms with van der Waals surface area (Å²) in [6.45, 7) is 2.84. The molecule has 1 atom stereocenters. The minimum atomic E-state index is -0.246. The molecule has 0 saturated carbocycles. The van der Waals surface area contributed by atoms with Crippen LogP contribution in [0.15, 0.2) is 30.3 Å². The number of amides is 1. The quantitative estimate of drug-likeness (QED) is 0.634. The van der Waals surface area contributed by atoms with Crippen LogP contribution in [0, 0.1) is 12.8 Å². The average Bonchev–Trinajstić information content (AvgIpc) is 2.77. The Labute approximate surface area is 181 Å². The molecule has 1 aliphatic heterocycles. The maximum absolute atomic E-state index is 13.2. The van der Waals surface area contributed by atoms with Gasteiger partial charge in [-0.25, -0.2) is 0 Å². The maximum Gasteiger partial charge on any atom is 0.254 e. The minimum absolute atomic E-state index is 0.0477.